The molecule has 0 unspecified atom stereocenters. The van der Waals surface area contributed by atoms with Gasteiger partial charge < -0.3 is 68.3 Å². The van der Waals surface area contributed by atoms with E-state index in [0.717, 1.165) is 25.7 Å². The van der Waals surface area contributed by atoms with Crippen LogP contribution < -0.4 is 43.0 Å². The Morgan fingerprint density at radius 2 is 1.10 bits per heavy atom. The highest BCUT2D eigenvalue weighted by Gasteiger charge is 2.41. The van der Waals surface area contributed by atoms with Crippen LogP contribution in [0.3, 0.4) is 0 Å². The van der Waals surface area contributed by atoms with Gasteiger partial charge in [-0.05, 0) is 130 Å². The van der Waals surface area contributed by atoms with Crippen molar-refractivity contribution in [3.8, 4) is 11.5 Å². The number of phenols is 2. The maximum absolute atomic E-state index is 14.8. The summed E-state index contributed by atoms with van der Waals surface area (Å²) in [6.45, 7) is 11.2. The number of phenolic OH excluding ortho intramolecular Hbond substituents is 2. The van der Waals surface area contributed by atoms with Crippen molar-refractivity contribution in [2.75, 3.05) is 25.1 Å². The SMILES string of the molecule is CCCCCCCC(=O)N[C@@H](CC(C)C)C(=O)N[C@@H](CCSC)C(=O)N[C@@H](Cc1ccc(O)cc1)C(=O)N1CCC[C@H]1C(=O)N[C@H](C(=O)N[C@@H](Cc1ccc(O)cc1)C(=O)N[C@@H](CC(C)C)C(=O)N[C@@H](CCCCN)C(=O)O)[C@@H](C)O. The highest BCUT2D eigenvalue weighted by Crippen LogP contribution is 2.22. The van der Waals surface area contributed by atoms with E-state index >= 15 is 0 Å². The highest BCUT2D eigenvalue weighted by atomic mass is 32.2. The number of aliphatic hydroxyl groups excluding tert-OH is 1. The number of nitrogens with zero attached hydrogens (tertiary/aromatic N) is 1. The molecule has 0 radical (unpaired) electrons. The number of hydrogen-bond donors (Lipinski definition) is 12. The summed E-state index contributed by atoms with van der Waals surface area (Å²) in [5.41, 5.74) is 6.60. The number of nitrogens with two attached hydrogens (primary N) is 1. The van der Waals surface area contributed by atoms with Crippen molar-refractivity contribution in [1.29, 1.82) is 0 Å². The molecule has 1 aliphatic rings. The fraction of sp³-hybridized carbons (Fsp3) is 0.638. The number of carbonyl (C=O) groups excluding carboxylic acids is 8. The van der Waals surface area contributed by atoms with E-state index in [1.54, 1.807) is 26.0 Å². The number of carboxylic acids is 1. The zero-order valence-electron chi connectivity index (χ0n) is 48.3. The summed E-state index contributed by atoms with van der Waals surface area (Å²) in [6.07, 6.45) is 7.03. The maximum atomic E-state index is 14.8. The largest absolute Gasteiger partial charge is 0.508 e. The van der Waals surface area contributed by atoms with Gasteiger partial charge in [-0.3, -0.25) is 38.4 Å². The monoisotopic (exact) mass is 1150 g/mol. The van der Waals surface area contributed by atoms with Gasteiger partial charge in [0.15, 0.2) is 0 Å². The second kappa shape index (κ2) is 36.1. The van der Waals surface area contributed by atoms with Crippen molar-refractivity contribution < 1.29 is 63.6 Å². The van der Waals surface area contributed by atoms with Crippen LogP contribution in [-0.2, 0) is 56.0 Å². The number of nitrogens with one attached hydrogen (secondary N) is 7. The first kappa shape index (κ1) is 68.8. The van der Waals surface area contributed by atoms with Crippen molar-refractivity contribution in [2.45, 2.75) is 199 Å². The summed E-state index contributed by atoms with van der Waals surface area (Å²) in [4.78, 5) is 126. The fourth-order valence-corrected chi connectivity index (χ4v) is 9.94. The van der Waals surface area contributed by atoms with Crippen LogP contribution in [0.4, 0.5) is 0 Å². The number of carboxylic acid groups (broad SMARTS) is 1. The number of aliphatic carboxylic acids is 1. The Bertz CT molecular complexity index is 2340. The number of likely N-dealkylation sites (tertiary alicyclic amines) is 1. The summed E-state index contributed by atoms with van der Waals surface area (Å²) >= 11 is 1.44. The van der Waals surface area contributed by atoms with Crippen LogP contribution in [0.15, 0.2) is 48.5 Å². The quantitative estimate of drug-likeness (QED) is 0.0433. The molecule has 1 heterocycles. The normalized spacial score (nSPS) is 16.2. The summed E-state index contributed by atoms with van der Waals surface area (Å²) in [5.74, 6) is -6.69. The predicted octanol–water partition coefficient (Wildman–Crippen LogP) is 3.07. The van der Waals surface area contributed by atoms with Crippen molar-refractivity contribution in [3.63, 3.8) is 0 Å². The summed E-state index contributed by atoms with van der Waals surface area (Å²) in [7, 11) is 0. The highest BCUT2D eigenvalue weighted by molar-refractivity contribution is 7.98. The zero-order chi connectivity index (χ0) is 60.2. The van der Waals surface area contributed by atoms with Gasteiger partial charge in [0, 0.05) is 25.8 Å². The summed E-state index contributed by atoms with van der Waals surface area (Å²) in [5, 5.41) is 59.9. The third-order valence-corrected chi connectivity index (χ3v) is 14.6. The number of unbranched alkanes of at least 4 members (excludes halogenated alkanes) is 5. The lowest BCUT2D eigenvalue weighted by atomic mass is 10.00. The Morgan fingerprint density at radius 3 is 1.63 bits per heavy atom. The molecule has 0 saturated carbocycles. The Kier molecular flexibility index (Phi) is 30.7. The lowest BCUT2D eigenvalue weighted by Crippen LogP contribution is -2.62. The zero-order valence-corrected chi connectivity index (χ0v) is 49.1. The van der Waals surface area contributed by atoms with Crippen LogP contribution in [0.1, 0.15) is 143 Å². The number of aromatic hydroxyl groups is 2. The van der Waals surface area contributed by atoms with Gasteiger partial charge in [-0.2, -0.15) is 11.8 Å². The van der Waals surface area contributed by atoms with E-state index in [-0.39, 0.29) is 80.7 Å². The van der Waals surface area contributed by atoms with Crippen LogP contribution >= 0.6 is 11.8 Å². The van der Waals surface area contributed by atoms with Crippen LogP contribution in [0, 0.1) is 11.8 Å². The van der Waals surface area contributed by atoms with Gasteiger partial charge in [0.05, 0.1) is 6.10 Å². The van der Waals surface area contributed by atoms with Crippen LogP contribution in [0.25, 0.3) is 0 Å². The first-order valence-corrected chi connectivity index (χ1v) is 29.9. The fourth-order valence-electron chi connectivity index (χ4n) is 9.47. The summed E-state index contributed by atoms with van der Waals surface area (Å²) in [6, 6.07) is 1.52. The first-order valence-electron chi connectivity index (χ1n) is 28.6. The molecule has 0 spiro atoms. The van der Waals surface area contributed by atoms with Gasteiger partial charge in [0.2, 0.25) is 47.3 Å². The van der Waals surface area contributed by atoms with Crippen molar-refractivity contribution in [2.24, 2.45) is 17.6 Å². The van der Waals surface area contributed by atoms with Crippen molar-refractivity contribution in [3.05, 3.63) is 59.7 Å². The number of benzene rings is 2. The smallest absolute Gasteiger partial charge is 0.326 e. The molecule has 8 amide bonds. The van der Waals surface area contributed by atoms with Gasteiger partial charge in [-0.15, -0.1) is 0 Å². The molecule has 1 fully saturated rings. The molecule has 2 aromatic rings. The lowest BCUT2D eigenvalue weighted by molar-refractivity contribution is -0.143. The van der Waals surface area contributed by atoms with Gasteiger partial charge in [0.25, 0.3) is 0 Å². The number of aliphatic hydroxyl groups is 1. The van der Waals surface area contributed by atoms with E-state index in [1.807, 2.05) is 20.1 Å². The number of hydrogen-bond acceptors (Lipinski definition) is 14. The van der Waals surface area contributed by atoms with Crippen LogP contribution in [0.2, 0.25) is 0 Å². The molecule has 81 heavy (non-hydrogen) atoms. The molecule has 2 aromatic carbocycles. The Labute approximate surface area is 481 Å². The van der Waals surface area contributed by atoms with E-state index in [4.69, 9.17) is 5.73 Å². The second-order valence-corrected chi connectivity index (χ2v) is 22.9. The minimum absolute atomic E-state index is 0.0146. The molecular formula is C58H91N9O13S. The average molecular weight is 1150 g/mol. The third-order valence-electron chi connectivity index (χ3n) is 13.9. The van der Waals surface area contributed by atoms with Gasteiger partial charge in [-0.1, -0.05) is 84.6 Å². The number of thioether (sulfide) groups is 1. The molecule has 1 aliphatic heterocycles. The molecule has 23 heteroatoms. The molecule has 9 atom stereocenters. The Morgan fingerprint density at radius 1 is 0.605 bits per heavy atom. The molecule has 3 rings (SSSR count). The molecule has 1 saturated heterocycles. The van der Waals surface area contributed by atoms with E-state index in [2.05, 4.69) is 44.1 Å². The van der Waals surface area contributed by atoms with Crippen molar-refractivity contribution in [1.82, 2.24) is 42.1 Å². The van der Waals surface area contributed by atoms with E-state index < -0.39 is 102 Å². The average Bonchev–Trinajstić information content (AvgIpc) is 3.94. The Hall–Kier alpha value is -6.46. The van der Waals surface area contributed by atoms with Crippen molar-refractivity contribution >= 4 is 65.0 Å². The van der Waals surface area contributed by atoms with Crippen LogP contribution in [0.5, 0.6) is 11.5 Å². The lowest BCUT2D eigenvalue weighted by Gasteiger charge is -2.32. The van der Waals surface area contributed by atoms with E-state index in [9.17, 15) is 63.6 Å². The third kappa shape index (κ3) is 24.7. The predicted molar refractivity (Wildman–Crippen MR) is 309 cm³/mol. The standard InChI is InChI=1S/C58H91N9O13S/c1-8-9-10-11-12-18-49(71)60-44(31-35(2)3)52(73)61-42(27-30-81-7)51(72)65-47(34-39-21-25-41(70)26-22-39)57(78)67-29-15-17-48(67)55(76)66-50(37(6)68)56(77)64-46(33-38-19-23-40(69)24-20-38)54(75)63-45(32-36(4)5)53(74)62-43(58(79)80)16-13-14-28-59/h19-26,35-37,42-48,50,68-70H,8-18,27-34,59H2,1-7H3,(H,60,71)(H,61,73)(H,62,74)(H,63,75)(H,64,77)(H,65,72)(H,66,76)(H,79,80)/t37-,42+,43+,44+,45+,46+,47+,48+,50+/m1/s1. The summed E-state index contributed by atoms with van der Waals surface area (Å²) < 4.78 is 0. The topological polar surface area (TPSA) is 348 Å². The van der Waals surface area contributed by atoms with E-state index in [1.165, 1.54) is 60.0 Å². The number of amides is 8. The van der Waals surface area contributed by atoms with Gasteiger partial charge in [-0.25, -0.2) is 4.79 Å². The number of rotatable bonds is 37. The minimum atomic E-state index is -1.70. The molecule has 0 aromatic heterocycles. The van der Waals surface area contributed by atoms with Gasteiger partial charge >= 0.3 is 5.97 Å². The van der Waals surface area contributed by atoms with Gasteiger partial charge in [0.1, 0.15) is 59.8 Å². The molecule has 0 aliphatic carbocycles. The Balaban J connectivity index is 1.91. The maximum Gasteiger partial charge on any atom is 0.326 e. The van der Waals surface area contributed by atoms with E-state index in [0.29, 0.717) is 55.5 Å². The molecule has 13 N–H and O–H groups in total. The first-order chi connectivity index (χ1) is 38.5. The minimum Gasteiger partial charge on any atom is -0.508 e. The number of carbonyl (C=O) groups is 9. The second-order valence-electron chi connectivity index (χ2n) is 21.9. The molecule has 0 bridgehead atoms. The molecule has 22 nitrogen and oxygen atoms in total. The molecular weight excluding hydrogens is 1060 g/mol. The molecule has 452 valence electrons. The van der Waals surface area contributed by atoms with Crippen LogP contribution in [-0.4, -0.2) is 158 Å².